The number of nitrogens with one attached hydrogen (secondary N) is 1. The molecule has 0 aromatic heterocycles. The Bertz CT molecular complexity index is 462. The van der Waals surface area contributed by atoms with E-state index in [1.807, 2.05) is 6.07 Å². The largest absolute Gasteiger partial charge is 0.330 e. The van der Waals surface area contributed by atoms with Gasteiger partial charge in [-0.3, -0.25) is 0 Å². The van der Waals surface area contributed by atoms with Crippen molar-refractivity contribution in [2.75, 3.05) is 19.6 Å². The van der Waals surface area contributed by atoms with E-state index < -0.39 is 0 Å². The molecule has 2 aromatic rings. The highest BCUT2D eigenvalue weighted by atomic mass is 14.8. The van der Waals surface area contributed by atoms with E-state index in [0.29, 0.717) is 0 Å². The van der Waals surface area contributed by atoms with E-state index in [-0.39, 0.29) is 0 Å². The third-order valence-electron chi connectivity index (χ3n) is 3.21. The van der Waals surface area contributed by atoms with Crippen molar-refractivity contribution in [2.45, 2.75) is 12.8 Å². The summed E-state index contributed by atoms with van der Waals surface area (Å²) in [6, 6.07) is 19.3. The summed E-state index contributed by atoms with van der Waals surface area (Å²) in [4.78, 5) is 0. The molecule has 0 aliphatic heterocycles. The number of rotatable bonds is 7. The molecule has 0 fully saturated rings. The molecule has 100 valence electrons. The van der Waals surface area contributed by atoms with E-state index in [9.17, 15) is 0 Å². The molecule has 2 nitrogen and oxygen atoms in total. The van der Waals surface area contributed by atoms with Crippen LogP contribution in [0, 0.1) is 0 Å². The SMILES string of the molecule is NCCCNCCc1ccc(-c2ccccc2)cc1. The summed E-state index contributed by atoms with van der Waals surface area (Å²) in [5.74, 6) is 0. The van der Waals surface area contributed by atoms with Crippen molar-refractivity contribution < 1.29 is 0 Å². The fraction of sp³-hybridized carbons (Fsp3) is 0.294. The lowest BCUT2D eigenvalue weighted by atomic mass is 10.0. The zero-order chi connectivity index (χ0) is 13.3. The molecule has 0 atom stereocenters. The van der Waals surface area contributed by atoms with Crippen LogP contribution >= 0.6 is 0 Å². The van der Waals surface area contributed by atoms with Gasteiger partial charge in [-0.25, -0.2) is 0 Å². The van der Waals surface area contributed by atoms with Gasteiger partial charge in [0.15, 0.2) is 0 Å². The minimum absolute atomic E-state index is 0.763. The molecule has 19 heavy (non-hydrogen) atoms. The Labute approximate surface area is 115 Å². The normalized spacial score (nSPS) is 10.6. The van der Waals surface area contributed by atoms with Crippen LogP contribution in [0.4, 0.5) is 0 Å². The highest BCUT2D eigenvalue weighted by Crippen LogP contribution is 2.19. The van der Waals surface area contributed by atoms with Gasteiger partial charge in [0.05, 0.1) is 0 Å². The zero-order valence-electron chi connectivity index (χ0n) is 11.3. The van der Waals surface area contributed by atoms with E-state index in [2.05, 4.69) is 53.8 Å². The lowest BCUT2D eigenvalue weighted by Crippen LogP contribution is -2.20. The highest BCUT2D eigenvalue weighted by molar-refractivity contribution is 5.63. The van der Waals surface area contributed by atoms with Gasteiger partial charge in [-0.2, -0.15) is 0 Å². The van der Waals surface area contributed by atoms with Crippen LogP contribution in [0.3, 0.4) is 0 Å². The van der Waals surface area contributed by atoms with Gasteiger partial charge >= 0.3 is 0 Å². The van der Waals surface area contributed by atoms with Gasteiger partial charge in [0, 0.05) is 0 Å². The highest BCUT2D eigenvalue weighted by Gasteiger charge is 1.97. The third-order valence-corrected chi connectivity index (χ3v) is 3.21. The van der Waals surface area contributed by atoms with Gasteiger partial charge < -0.3 is 11.1 Å². The monoisotopic (exact) mass is 254 g/mol. The molecule has 2 heteroatoms. The first-order valence-electron chi connectivity index (χ1n) is 6.95. The molecule has 0 saturated heterocycles. The van der Waals surface area contributed by atoms with Gasteiger partial charge in [-0.15, -0.1) is 0 Å². The smallest absolute Gasteiger partial charge is 0.000834 e. The quantitative estimate of drug-likeness (QED) is 0.746. The molecule has 0 aliphatic rings. The summed E-state index contributed by atoms with van der Waals surface area (Å²) in [6.45, 7) is 2.79. The van der Waals surface area contributed by atoms with E-state index in [1.54, 1.807) is 0 Å². The van der Waals surface area contributed by atoms with Crippen LogP contribution in [0.15, 0.2) is 54.6 Å². The number of hydrogen-bond acceptors (Lipinski definition) is 2. The predicted molar refractivity (Wildman–Crippen MR) is 82.1 cm³/mol. The summed E-state index contributed by atoms with van der Waals surface area (Å²) in [7, 11) is 0. The Balaban J connectivity index is 1.85. The second-order valence-electron chi connectivity index (χ2n) is 4.71. The lowest BCUT2D eigenvalue weighted by Gasteiger charge is -2.06. The van der Waals surface area contributed by atoms with E-state index in [1.165, 1.54) is 16.7 Å². The van der Waals surface area contributed by atoms with Gasteiger partial charge in [0.2, 0.25) is 0 Å². The third kappa shape index (κ3) is 4.51. The second-order valence-corrected chi connectivity index (χ2v) is 4.71. The van der Waals surface area contributed by atoms with Crippen molar-refractivity contribution in [3.05, 3.63) is 60.2 Å². The minimum Gasteiger partial charge on any atom is -0.330 e. The Morgan fingerprint density at radius 3 is 2.16 bits per heavy atom. The molecule has 2 aromatic carbocycles. The molecule has 0 amide bonds. The van der Waals surface area contributed by atoms with Crippen LogP contribution in [0.25, 0.3) is 11.1 Å². The van der Waals surface area contributed by atoms with E-state index in [0.717, 1.165) is 32.5 Å². The van der Waals surface area contributed by atoms with Crippen molar-refractivity contribution >= 4 is 0 Å². The number of benzene rings is 2. The van der Waals surface area contributed by atoms with E-state index >= 15 is 0 Å². The van der Waals surface area contributed by atoms with Gasteiger partial charge in [-0.05, 0) is 49.2 Å². The van der Waals surface area contributed by atoms with Crippen LogP contribution in [0.2, 0.25) is 0 Å². The average molecular weight is 254 g/mol. The van der Waals surface area contributed by atoms with Crippen molar-refractivity contribution in [1.29, 1.82) is 0 Å². The molecule has 0 bridgehead atoms. The molecule has 3 N–H and O–H groups in total. The molecule has 0 radical (unpaired) electrons. The Morgan fingerprint density at radius 1 is 0.789 bits per heavy atom. The van der Waals surface area contributed by atoms with Crippen LogP contribution in [-0.4, -0.2) is 19.6 Å². The molecular weight excluding hydrogens is 232 g/mol. The maximum atomic E-state index is 5.45. The van der Waals surface area contributed by atoms with E-state index in [4.69, 9.17) is 5.73 Å². The van der Waals surface area contributed by atoms with Crippen molar-refractivity contribution in [2.24, 2.45) is 5.73 Å². The first kappa shape index (κ1) is 13.8. The van der Waals surface area contributed by atoms with Crippen molar-refractivity contribution in [3.8, 4) is 11.1 Å². The Morgan fingerprint density at radius 2 is 1.47 bits per heavy atom. The molecule has 0 saturated carbocycles. The topological polar surface area (TPSA) is 38.0 Å². The molecule has 0 heterocycles. The second kappa shape index (κ2) is 7.72. The van der Waals surface area contributed by atoms with Gasteiger partial charge in [-0.1, -0.05) is 54.6 Å². The average Bonchev–Trinajstić information content (AvgIpc) is 2.49. The zero-order valence-corrected chi connectivity index (χ0v) is 11.3. The van der Waals surface area contributed by atoms with Crippen LogP contribution in [0.5, 0.6) is 0 Å². The van der Waals surface area contributed by atoms with Crippen LogP contribution in [0.1, 0.15) is 12.0 Å². The molecule has 2 rings (SSSR count). The Kier molecular flexibility index (Phi) is 5.60. The van der Waals surface area contributed by atoms with Crippen LogP contribution < -0.4 is 11.1 Å². The molecule has 0 aliphatic carbocycles. The fourth-order valence-electron chi connectivity index (χ4n) is 2.08. The first-order chi connectivity index (χ1) is 9.40. The summed E-state index contributed by atoms with van der Waals surface area (Å²) in [5, 5.41) is 3.40. The predicted octanol–water partition coefficient (Wildman–Crippen LogP) is 2.83. The van der Waals surface area contributed by atoms with Crippen molar-refractivity contribution in [3.63, 3.8) is 0 Å². The Hall–Kier alpha value is -1.64. The summed E-state index contributed by atoms with van der Waals surface area (Å²) in [5.41, 5.74) is 9.38. The molecule has 0 spiro atoms. The van der Waals surface area contributed by atoms with Crippen molar-refractivity contribution in [1.82, 2.24) is 5.32 Å². The molecular formula is C17H22N2. The maximum absolute atomic E-state index is 5.45. The lowest BCUT2D eigenvalue weighted by molar-refractivity contribution is 0.653. The number of nitrogens with two attached hydrogens (primary N) is 1. The summed E-state index contributed by atoms with van der Waals surface area (Å²) < 4.78 is 0. The first-order valence-corrected chi connectivity index (χ1v) is 6.95. The minimum atomic E-state index is 0.763. The molecule has 0 unspecified atom stereocenters. The number of hydrogen-bond donors (Lipinski definition) is 2. The summed E-state index contributed by atoms with van der Waals surface area (Å²) in [6.07, 6.45) is 2.12. The standard InChI is InChI=1S/C17H22N2/c18-12-4-13-19-14-11-15-7-9-17(10-8-15)16-5-2-1-3-6-16/h1-3,5-10,19H,4,11-14,18H2. The van der Waals surface area contributed by atoms with Crippen LogP contribution in [-0.2, 0) is 6.42 Å². The maximum Gasteiger partial charge on any atom is -0.000834 e. The van der Waals surface area contributed by atoms with Gasteiger partial charge in [0.25, 0.3) is 0 Å². The van der Waals surface area contributed by atoms with Gasteiger partial charge in [0.1, 0.15) is 0 Å². The summed E-state index contributed by atoms with van der Waals surface area (Å²) >= 11 is 0. The fourth-order valence-corrected chi connectivity index (χ4v) is 2.08.